The van der Waals surface area contributed by atoms with E-state index >= 15 is 0 Å². The van der Waals surface area contributed by atoms with Crippen LogP contribution in [0.15, 0.2) is 71.9 Å². The molecule has 29 heavy (non-hydrogen) atoms. The van der Waals surface area contributed by atoms with E-state index in [-0.39, 0.29) is 5.82 Å². The van der Waals surface area contributed by atoms with E-state index in [1.165, 1.54) is 6.20 Å². The molecule has 1 N–H and O–H groups in total. The van der Waals surface area contributed by atoms with Crippen LogP contribution in [0.1, 0.15) is 11.4 Å². The van der Waals surface area contributed by atoms with Gasteiger partial charge in [0.05, 0.1) is 4.92 Å². The van der Waals surface area contributed by atoms with Gasteiger partial charge in [-0.05, 0) is 17.7 Å². The van der Waals surface area contributed by atoms with E-state index in [1.807, 2.05) is 41.1 Å². The Bertz CT molecular complexity index is 1220. The fourth-order valence-electron chi connectivity index (χ4n) is 3.15. The van der Waals surface area contributed by atoms with Crippen LogP contribution in [0.5, 0.6) is 0 Å². The maximum absolute atomic E-state index is 12.5. The molecule has 9 heteroatoms. The molecule has 3 aromatic heterocycles. The third kappa shape index (κ3) is 3.84. The van der Waals surface area contributed by atoms with Crippen molar-refractivity contribution in [2.75, 3.05) is 11.9 Å². The van der Waals surface area contributed by atoms with Crippen LogP contribution >= 0.6 is 0 Å². The molecule has 0 saturated carbocycles. The summed E-state index contributed by atoms with van der Waals surface area (Å²) >= 11 is 0. The number of hydrogen-bond acceptors (Lipinski definition) is 6. The second-order valence-corrected chi connectivity index (χ2v) is 6.43. The normalized spacial score (nSPS) is 10.9. The fraction of sp³-hybridized carbons (Fsp3) is 0.150. The lowest BCUT2D eigenvalue weighted by Gasteiger charge is -2.10. The van der Waals surface area contributed by atoms with Gasteiger partial charge in [0.2, 0.25) is 5.82 Å². The zero-order valence-corrected chi connectivity index (χ0v) is 15.4. The Morgan fingerprint density at radius 1 is 1.07 bits per heavy atom. The number of anilines is 1. The third-order valence-electron chi connectivity index (χ3n) is 4.53. The lowest BCUT2D eigenvalue weighted by molar-refractivity contribution is -0.385. The highest BCUT2D eigenvalue weighted by atomic mass is 16.6. The molecule has 0 spiro atoms. The van der Waals surface area contributed by atoms with Gasteiger partial charge in [-0.1, -0.05) is 36.4 Å². The van der Waals surface area contributed by atoms with Crippen LogP contribution in [0, 0.1) is 10.1 Å². The molecule has 0 radical (unpaired) electrons. The predicted octanol–water partition coefficient (Wildman–Crippen LogP) is 2.50. The first-order valence-electron chi connectivity index (χ1n) is 9.07. The quantitative estimate of drug-likeness (QED) is 0.384. The van der Waals surface area contributed by atoms with Crippen LogP contribution in [0.2, 0.25) is 0 Å². The van der Waals surface area contributed by atoms with Crippen LogP contribution in [0.3, 0.4) is 0 Å². The molecule has 0 saturated heterocycles. The fourth-order valence-corrected chi connectivity index (χ4v) is 3.15. The van der Waals surface area contributed by atoms with Crippen molar-refractivity contribution in [2.24, 2.45) is 0 Å². The zero-order chi connectivity index (χ0) is 20.2. The molecule has 0 amide bonds. The monoisotopic (exact) mass is 390 g/mol. The lowest BCUT2D eigenvalue weighted by atomic mass is 10.2. The minimum atomic E-state index is -0.714. The first-order valence-corrected chi connectivity index (χ1v) is 9.07. The molecule has 4 rings (SSSR count). The summed E-state index contributed by atoms with van der Waals surface area (Å²) in [6.45, 7) is 1.04. The van der Waals surface area contributed by atoms with Crippen molar-refractivity contribution in [2.45, 2.75) is 13.0 Å². The highest BCUT2D eigenvalue weighted by Crippen LogP contribution is 2.18. The number of rotatable bonds is 7. The second-order valence-electron chi connectivity index (χ2n) is 6.43. The van der Waals surface area contributed by atoms with Gasteiger partial charge < -0.3 is 9.88 Å². The summed E-state index contributed by atoms with van der Waals surface area (Å²) in [6.07, 6.45) is 5.60. The van der Waals surface area contributed by atoms with Gasteiger partial charge in [-0.2, -0.15) is 0 Å². The molecule has 3 heterocycles. The smallest absolute Gasteiger partial charge is 0.364 e. The van der Waals surface area contributed by atoms with Crippen molar-refractivity contribution in [3.63, 3.8) is 0 Å². The predicted molar refractivity (Wildman–Crippen MR) is 108 cm³/mol. The summed E-state index contributed by atoms with van der Waals surface area (Å²) in [5, 5.41) is 14.4. The summed E-state index contributed by atoms with van der Waals surface area (Å²) in [5.41, 5.74) is 0.214. The van der Waals surface area contributed by atoms with E-state index in [2.05, 4.69) is 15.3 Å². The van der Waals surface area contributed by atoms with Crippen molar-refractivity contribution >= 4 is 17.2 Å². The first kappa shape index (κ1) is 18.4. The standard InChI is InChI=1S/C20H18N6O3/c27-20-18(26(28)29)19(23-17-8-4-5-12-25(17)20)22-10-9-16-21-11-13-24(16)14-15-6-2-1-3-7-15/h1-8,11-13,22H,9-10,14H2. The second kappa shape index (κ2) is 7.93. The minimum absolute atomic E-state index is 0.0348. The molecular formula is C20H18N6O3. The van der Waals surface area contributed by atoms with Gasteiger partial charge in [-0.15, -0.1) is 0 Å². The van der Waals surface area contributed by atoms with Crippen LogP contribution in [-0.2, 0) is 13.0 Å². The number of aromatic nitrogens is 4. The van der Waals surface area contributed by atoms with E-state index < -0.39 is 16.2 Å². The Labute approximate surface area is 165 Å². The van der Waals surface area contributed by atoms with Crippen LogP contribution in [-0.4, -0.2) is 30.4 Å². The molecule has 0 aliphatic heterocycles. The summed E-state index contributed by atoms with van der Waals surface area (Å²) in [6, 6.07) is 15.0. The van der Waals surface area contributed by atoms with Crippen LogP contribution in [0.4, 0.5) is 11.5 Å². The summed E-state index contributed by atoms with van der Waals surface area (Å²) in [5.74, 6) is 0.800. The highest BCUT2D eigenvalue weighted by Gasteiger charge is 2.23. The molecular weight excluding hydrogens is 372 g/mol. The molecule has 9 nitrogen and oxygen atoms in total. The Kier molecular flexibility index (Phi) is 5.02. The van der Waals surface area contributed by atoms with Gasteiger partial charge in [-0.3, -0.25) is 19.3 Å². The Balaban J connectivity index is 1.53. The van der Waals surface area contributed by atoms with E-state index in [0.29, 0.717) is 25.2 Å². The van der Waals surface area contributed by atoms with Crippen molar-refractivity contribution in [3.05, 3.63) is 99.0 Å². The lowest BCUT2D eigenvalue weighted by Crippen LogP contribution is -2.22. The minimum Gasteiger partial charge on any atom is -0.364 e. The van der Waals surface area contributed by atoms with E-state index in [4.69, 9.17) is 0 Å². The van der Waals surface area contributed by atoms with Gasteiger partial charge in [0.25, 0.3) is 0 Å². The molecule has 0 unspecified atom stereocenters. The van der Waals surface area contributed by atoms with Gasteiger partial charge in [-0.25, -0.2) is 9.97 Å². The third-order valence-corrected chi connectivity index (χ3v) is 4.53. The molecule has 1 aromatic carbocycles. The van der Waals surface area contributed by atoms with Gasteiger partial charge in [0.15, 0.2) is 0 Å². The summed E-state index contributed by atoms with van der Waals surface area (Å²) in [7, 11) is 0. The number of nitrogens with one attached hydrogen (secondary N) is 1. The van der Waals surface area contributed by atoms with Gasteiger partial charge in [0.1, 0.15) is 11.5 Å². The van der Waals surface area contributed by atoms with Crippen LogP contribution < -0.4 is 10.9 Å². The van der Waals surface area contributed by atoms with Gasteiger partial charge in [0, 0.05) is 38.1 Å². The molecule has 0 fully saturated rings. The summed E-state index contributed by atoms with van der Waals surface area (Å²) in [4.78, 5) is 31.8. The Hall–Kier alpha value is -4.01. The van der Waals surface area contributed by atoms with Crippen molar-refractivity contribution in [3.8, 4) is 0 Å². The maximum Gasteiger partial charge on any atom is 0.376 e. The van der Waals surface area contributed by atoms with E-state index in [0.717, 1.165) is 15.8 Å². The topological polar surface area (TPSA) is 107 Å². The molecule has 0 atom stereocenters. The Morgan fingerprint density at radius 3 is 2.66 bits per heavy atom. The van der Waals surface area contributed by atoms with E-state index in [9.17, 15) is 14.9 Å². The number of nitro groups is 1. The zero-order valence-electron chi connectivity index (χ0n) is 15.4. The number of benzene rings is 1. The maximum atomic E-state index is 12.5. The molecule has 0 bridgehead atoms. The Morgan fingerprint density at radius 2 is 1.86 bits per heavy atom. The number of fused-ring (bicyclic) bond motifs is 1. The largest absolute Gasteiger partial charge is 0.376 e. The number of hydrogen-bond donors (Lipinski definition) is 1. The molecule has 4 aromatic rings. The van der Waals surface area contributed by atoms with Crippen molar-refractivity contribution in [1.82, 2.24) is 18.9 Å². The van der Waals surface area contributed by atoms with E-state index in [1.54, 1.807) is 24.4 Å². The van der Waals surface area contributed by atoms with Crippen molar-refractivity contribution in [1.29, 1.82) is 0 Å². The number of imidazole rings is 1. The van der Waals surface area contributed by atoms with Crippen LogP contribution in [0.25, 0.3) is 5.65 Å². The van der Waals surface area contributed by atoms with Gasteiger partial charge >= 0.3 is 11.2 Å². The molecule has 0 aliphatic rings. The average Bonchev–Trinajstić information content (AvgIpc) is 3.15. The number of nitrogens with zero attached hydrogens (tertiary/aromatic N) is 5. The summed E-state index contributed by atoms with van der Waals surface area (Å²) < 4.78 is 3.18. The first-order chi connectivity index (χ1) is 14.1. The number of pyridine rings is 1. The SMILES string of the molecule is O=c1c([N+](=O)[O-])c(NCCc2nccn2Cc2ccccc2)nc2ccccn12. The van der Waals surface area contributed by atoms with Crippen molar-refractivity contribution < 1.29 is 4.92 Å². The molecule has 146 valence electrons. The highest BCUT2D eigenvalue weighted by molar-refractivity contribution is 5.59. The molecule has 0 aliphatic carbocycles. The average molecular weight is 390 g/mol.